The van der Waals surface area contributed by atoms with Crippen molar-refractivity contribution in [2.75, 3.05) is 7.05 Å². The van der Waals surface area contributed by atoms with E-state index in [2.05, 4.69) is 10.1 Å². The maximum absolute atomic E-state index is 12.4. The monoisotopic (exact) mass is 361 g/mol. The normalized spacial score (nSPS) is 11.4. The Hall–Kier alpha value is -3.22. The average molecular weight is 361 g/mol. The topological polar surface area (TPSA) is 58.6 Å². The molecule has 0 heterocycles. The van der Waals surface area contributed by atoms with Gasteiger partial charge in [0.2, 0.25) is 0 Å². The number of carbonyl (C=O) groups excluding carboxylic acids is 1. The van der Waals surface area contributed by atoms with E-state index in [0.717, 1.165) is 29.0 Å². The molecule has 3 aromatic carbocycles. The van der Waals surface area contributed by atoms with Crippen molar-refractivity contribution in [3.63, 3.8) is 0 Å². The number of carbonyl (C=O) groups is 1. The second-order valence-electron chi connectivity index (χ2n) is 5.58. The minimum atomic E-state index is -4.81. The highest BCUT2D eigenvalue weighted by molar-refractivity contribution is 5.99. The van der Waals surface area contributed by atoms with Crippen molar-refractivity contribution in [3.05, 3.63) is 60.2 Å². The molecule has 0 atom stereocenters. The van der Waals surface area contributed by atoms with Gasteiger partial charge in [-0.15, -0.1) is 13.2 Å². The lowest BCUT2D eigenvalue weighted by Gasteiger charge is -2.12. The first-order valence-corrected chi connectivity index (χ1v) is 7.62. The van der Waals surface area contributed by atoms with Gasteiger partial charge in [0.05, 0.1) is 0 Å². The number of amides is 1. The van der Waals surface area contributed by atoms with Crippen LogP contribution in [0.5, 0.6) is 11.5 Å². The van der Waals surface area contributed by atoms with Crippen LogP contribution in [0, 0.1) is 0 Å². The third kappa shape index (κ3) is 3.72. The number of rotatable bonds is 3. The van der Waals surface area contributed by atoms with Crippen LogP contribution in [-0.2, 0) is 0 Å². The smallest absolute Gasteiger partial charge is 0.507 e. The van der Waals surface area contributed by atoms with Crippen molar-refractivity contribution in [2.24, 2.45) is 0 Å². The zero-order valence-corrected chi connectivity index (χ0v) is 13.6. The van der Waals surface area contributed by atoms with Crippen LogP contribution in [0.25, 0.3) is 21.9 Å². The zero-order valence-electron chi connectivity index (χ0n) is 13.6. The first-order chi connectivity index (χ1) is 12.3. The number of hydrogen-bond donors (Lipinski definition) is 2. The maximum atomic E-state index is 12.4. The number of halogens is 3. The maximum Gasteiger partial charge on any atom is 0.573 e. The van der Waals surface area contributed by atoms with Crippen molar-refractivity contribution >= 4 is 16.7 Å². The Morgan fingerprint density at radius 1 is 1.00 bits per heavy atom. The summed E-state index contributed by atoms with van der Waals surface area (Å²) < 4.78 is 41.1. The Labute approximate surface area is 146 Å². The molecule has 0 aromatic heterocycles. The number of ether oxygens (including phenoxy) is 1. The summed E-state index contributed by atoms with van der Waals surface area (Å²) >= 11 is 0. The Morgan fingerprint density at radius 2 is 1.69 bits per heavy atom. The molecule has 0 aliphatic carbocycles. The summed E-state index contributed by atoms with van der Waals surface area (Å²) in [5.41, 5.74) is 1.23. The Morgan fingerprint density at radius 3 is 2.38 bits per heavy atom. The molecule has 1 amide bonds. The van der Waals surface area contributed by atoms with E-state index < -0.39 is 12.1 Å². The molecule has 0 radical (unpaired) electrons. The zero-order chi connectivity index (χ0) is 18.9. The van der Waals surface area contributed by atoms with Gasteiger partial charge in [0.25, 0.3) is 5.91 Å². The molecule has 2 N–H and O–H groups in total. The summed E-state index contributed by atoms with van der Waals surface area (Å²) in [6, 6.07) is 13.5. The molecule has 7 heteroatoms. The van der Waals surface area contributed by atoms with Gasteiger partial charge in [-0.25, -0.2) is 0 Å². The summed E-state index contributed by atoms with van der Waals surface area (Å²) in [7, 11) is 1.54. The first-order valence-electron chi connectivity index (χ1n) is 7.62. The van der Waals surface area contributed by atoms with Gasteiger partial charge in [-0.1, -0.05) is 18.2 Å². The summed E-state index contributed by atoms with van der Waals surface area (Å²) in [6.45, 7) is 0. The van der Waals surface area contributed by atoms with Crippen molar-refractivity contribution in [2.45, 2.75) is 6.36 Å². The molecule has 3 rings (SSSR count). The number of aromatic hydroxyl groups is 1. The van der Waals surface area contributed by atoms with E-state index in [1.807, 2.05) is 0 Å². The molecule has 4 nitrogen and oxygen atoms in total. The lowest BCUT2D eigenvalue weighted by molar-refractivity contribution is -0.274. The van der Waals surface area contributed by atoms with E-state index in [4.69, 9.17) is 0 Å². The van der Waals surface area contributed by atoms with Crippen LogP contribution in [0.3, 0.4) is 0 Å². The molecule has 0 aliphatic heterocycles. The van der Waals surface area contributed by atoms with E-state index in [0.29, 0.717) is 11.1 Å². The second-order valence-corrected chi connectivity index (χ2v) is 5.58. The first kappa shape index (κ1) is 17.6. The molecule has 0 spiro atoms. The van der Waals surface area contributed by atoms with Gasteiger partial charge in [-0.05, 0) is 52.7 Å². The molecule has 0 fully saturated rings. The fraction of sp³-hybridized carbons (Fsp3) is 0.105. The van der Waals surface area contributed by atoms with Crippen molar-refractivity contribution in [1.29, 1.82) is 0 Å². The number of hydrogen-bond acceptors (Lipinski definition) is 3. The minimum absolute atomic E-state index is 0.166. The van der Waals surface area contributed by atoms with Gasteiger partial charge >= 0.3 is 6.36 Å². The highest BCUT2D eigenvalue weighted by Gasteiger charge is 2.31. The molecule has 0 bridgehead atoms. The highest BCUT2D eigenvalue weighted by atomic mass is 19.4. The third-order valence-electron chi connectivity index (χ3n) is 3.84. The van der Waals surface area contributed by atoms with Gasteiger partial charge in [0.1, 0.15) is 11.5 Å². The minimum Gasteiger partial charge on any atom is -0.507 e. The van der Waals surface area contributed by atoms with Gasteiger partial charge in [0.15, 0.2) is 0 Å². The van der Waals surface area contributed by atoms with E-state index in [1.54, 1.807) is 36.4 Å². The molecule has 0 saturated heterocycles. The predicted octanol–water partition coefficient (Wildman–Crippen LogP) is 4.47. The number of phenolic OH excluding ortho intramolecular Hbond substituents is 1. The predicted molar refractivity (Wildman–Crippen MR) is 91.1 cm³/mol. The largest absolute Gasteiger partial charge is 0.573 e. The van der Waals surface area contributed by atoms with Crippen LogP contribution in [0.2, 0.25) is 0 Å². The number of fused-ring (bicyclic) bond motifs is 1. The quantitative estimate of drug-likeness (QED) is 0.724. The molecule has 134 valence electrons. The van der Waals surface area contributed by atoms with Crippen LogP contribution >= 0.6 is 0 Å². The van der Waals surface area contributed by atoms with Gasteiger partial charge in [0, 0.05) is 18.2 Å². The number of phenols is 1. The summed E-state index contributed by atoms with van der Waals surface area (Å²) in [5, 5.41) is 14.1. The van der Waals surface area contributed by atoms with Crippen LogP contribution < -0.4 is 10.1 Å². The van der Waals surface area contributed by atoms with Crippen LogP contribution in [0.15, 0.2) is 54.6 Å². The molecular formula is C19H14F3NO3. The van der Waals surface area contributed by atoms with E-state index >= 15 is 0 Å². The number of nitrogens with one attached hydrogen (secondary N) is 1. The lowest BCUT2D eigenvalue weighted by atomic mass is 9.99. The molecular weight excluding hydrogens is 347 g/mol. The fourth-order valence-corrected chi connectivity index (χ4v) is 2.64. The Balaban J connectivity index is 2.02. The summed E-state index contributed by atoms with van der Waals surface area (Å²) in [4.78, 5) is 11.7. The highest BCUT2D eigenvalue weighted by Crippen LogP contribution is 2.35. The number of alkyl halides is 3. The van der Waals surface area contributed by atoms with Crippen LogP contribution in [0.4, 0.5) is 13.2 Å². The van der Waals surface area contributed by atoms with Crippen LogP contribution in [0.1, 0.15) is 10.4 Å². The SMILES string of the molecule is CNC(=O)c1ccc2cc(-c3cc(OC(F)(F)F)ccc3O)ccc2c1. The third-order valence-corrected chi connectivity index (χ3v) is 3.84. The molecule has 0 unspecified atom stereocenters. The van der Waals surface area contributed by atoms with Gasteiger partial charge in [-0.2, -0.15) is 0 Å². The van der Waals surface area contributed by atoms with Gasteiger partial charge in [-0.3, -0.25) is 4.79 Å². The molecule has 0 saturated carbocycles. The Bertz CT molecular complexity index is 983. The summed E-state index contributed by atoms with van der Waals surface area (Å²) in [5.74, 6) is -0.799. The van der Waals surface area contributed by atoms with E-state index in [-0.39, 0.29) is 17.2 Å². The second kappa shape index (κ2) is 6.59. The molecule has 26 heavy (non-hydrogen) atoms. The van der Waals surface area contributed by atoms with Gasteiger partial charge < -0.3 is 15.2 Å². The standard InChI is InChI=1S/C19H14F3NO3/c1-23-18(25)14-5-3-11-8-13(4-2-12(11)9-14)16-10-15(6-7-17(16)24)26-19(20,21)22/h2-10,24H,1H3,(H,23,25). The van der Waals surface area contributed by atoms with Crippen molar-refractivity contribution in [1.82, 2.24) is 5.32 Å². The number of benzene rings is 3. The fourth-order valence-electron chi connectivity index (χ4n) is 2.64. The van der Waals surface area contributed by atoms with Crippen molar-refractivity contribution < 1.29 is 27.8 Å². The molecule has 3 aromatic rings. The van der Waals surface area contributed by atoms with Crippen LogP contribution in [-0.4, -0.2) is 24.4 Å². The summed E-state index contributed by atoms with van der Waals surface area (Å²) in [6.07, 6.45) is -4.81. The molecule has 0 aliphatic rings. The average Bonchev–Trinajstić information content (AvgIpc) is 2.60. The lowest BCUT2D eigenvalue weighted by Crippen LogP contribution is -2.17. The Kier molecular flexibility index (Phi) is 4.46. The van der Waals surface area contributed by atoms with E-state index in [1.165, 1.54) is 7.05 Å². The van der Waals surface area contributed by atoms with Crippen molar-refractivity contribution in [3.8, 4) is 22.6 Å². The van der Waals surface area contributed by atoms with E-state index in [9.17, 15) is 23.1 Å².